The van der Waals surface area contributed by atoms with Crippen molar-refractivity contribution in [3.05, 3.63) is 46.2 Å². The summed E-state index contributed by atoms with van der Waals surface area (Å²) in [4.78, 5) is 29.1. The molecule has 1 unspecified atom stereocenters. The summed E-state index contributed by atoms with van der Waals surface area (Å²) in [5.74, 6) is 0.109. The summed E-state index contributed by atoms with van der Waals surface area (Å²) in [5.41, 5.74) is 1.41. The standard InChI is InChI=1S/C19H21ClN6O2S2/c1-4-26-15(9-16(27)22-14-8-6-5-7-13(14)20)24-25-19(26)30-12(3)17(28)23-18-21-11(2)10-29-18/h5-8,10,12H,4,9H2,1-3H3,(H,22,27)(H,21,23,28). The summed E-state index contributed by atoms with van der Waals surface area (Å²) >= 11 is 8.75. The molecular formula is C19H21ClN6O2S2. The van der Waals surface area contributed by atoms with Gasteiger partial charge in [0.25, 0.3) is 0 Å². The molecule has 2 heterocycles. The second-order valence-corrected chi connectivity index (χ2v) is 8.96. The molecule has 0 radical (unpaired) electrons. The average molecular weight is 465 g/mol. The Bertz CT molecular complexity index is 1050. The van der Waals surface area contributed by atoms with Gasteiger partial charge in [0.05, 0.1) is 28.1 Å². The fourth-order valence-electron chi connectivity index (χ4n) is 2.59. The number of carbonyl (C=O) groups excluding carboxylic acids is 2. The van der Waals surface area contributed by atoms with Crippen LogP contribution in [0.25, 0.3) is 0 Å². The summed E-state index contributed by atoms with van der Waals surface area (Å²) in [7, 11) is 0. The fourth-order valence-corrected chi connectivity index (χ4v) is 4.39. The number of halogens is 1. The maximum Gasteiger partial charge on any atom is 0.239 e. The van der Waals surface area contributed by atoms with Crippen LogP contribution in [0.4, 0.5) is 10.8 Å². The molecule has 0 spiro atoms. The van der Waals surface area contributed by atoms with E-state index in [4.69, 9.17) is 11.6 Å². The second kappa shape index (κ2) is 10.1. The molecular weight excluding hydrogens is 444 g/mol. The van der Waals surface area contributed by atoms with Gasteiger partial charge in [0.2, 0.25) is 11.8 Å². The molecule has 0 saturated carbocycles. The molecule has 1 atom stereocenters. The first-order valence-electron chi connectivity index (χ1n) is 9.23. The maximum atomic E-state index is 12.4. The molecule has 2 aromatic heterocycles. The van der Waals surface area contributed by atoms with E-state index in [1.165, 1.54) is 23.1 Å². The molecule has 0 aliphatic carbocycles. The average Bonchev–Trinajstić information content (AvgIpc) is 3.28. The van der Waals surface area contributed by atoms with Gasteiger partial charge in [-0.1, -0.05) is 35.5 Å². The number of hydrogen-bond acceptors (Lipinski definition) is 7. The molecule has 1 aromatic carbocycles. The number of thioether (sulfide) groups is 1. The van der Waals surface area contributed by atoms with Crippen LogP contribution in [0.5, 0.6) is 0 Å². The van der Waals surface area contributed by atoms with E-state index in [0.29, 0.717) is 33.4 Å². The number of carbonyl (C=O) groups is 2. The molecule has 0 saturated heterocycles. The molecule has 30 heavy (non-hydrogen) atoms. The molecule has 0 bridgehead atoms. The Labute approximate surface area is 187 Å². The highest BCUT2D eigenvalue weighted by Gasteiger charge is 2.21. The van der Waals surface area contributed by atoms with Crippen LogP contribution in [0.1, 0.15) is 25.4 Å². The first kappa shape index (κ1) is 22.3. The topological polar surface area (TPSA) is 102 Å². The molecule has 158 valence electrons. The smallest absolute Gasteiger partial charge is 0.239 e. The van der Waals surface area contributed by atoms with Gasteiger partial charge in [-0.3, -0.25) is 9.59 Å². The van der Waals surface area contributed by atoms with Gasteiger partial charge < -0.3 is 15.2 Å². The Balaban J connectivity index is 1.63. The highest BCUT2D eigenvalue weighted by atomic mass is 35.5. The first-order valence-corrected chi connectivity index (χ1v) is 11.4. The van der Waals surface area contributed by atoms with Crippen molar-refractivity contribution in [2.75, 3.05) is 10.6 Å². The second-order valence-electron chi connectivity index (χ2n) is 6.39. The molecule has 0 fully saturated rings. The van der Waals surface area contributed by atoms with Crippen molar-refractivity contribution in [1.82, 2.24) is 19.7 Å². The van der Waals surface area contributed by atoms with E-state index in [0.717, 1.165) is 5.69 Å². The van der Waals surface area contributed by atoms with E-state index in [9.17, 15) is 9.59 Å². The van der Waals surface area contributed by atoms with Crippen LogP contribution < -0.4 is 10.6 Å². The van der Waals surface area contributed by atoms with E-state index >= 15 is 0 Å². The van der Waals surface area contributed by atoms with Gasteiger partial charge >= 0.3 is 0 Å². The number of para-hydroxylation sites is 1. The largest absolute Gasteiger partial charge is 0.324 e. The van der Waals surface area contributed by atoms with E-state index in [2.05, 4.69) is 25.8 Å². The number of anilines is 2. The highest BCUT2D eigenvalue weighted by molar-refractivity contribution is 8.00. The summed E-state index contributed by atoms with van der Waals surface area (Å²) in [6.07, 6.45) is 0.0472. The summed E-state index contributed by atoms with van der Waals surface area (Å²) in [6.45, 7) is 6.17. The van der Waals surface area contributed by atoms with Crippen LogP contribution in [0, 0.1) is 6.92 Å². The van der Waals surface area contributed by atoms with Crippen molar-refractivity contribution in [2.24, 2.45) is 0 Å². The summed E-state index contributed by atoms with van der Waals surface area (Å²) in [6, 6.07) is 7.03. The number of amides is 2. The van der Waals surface area contributed by atoms with Crippen molar-refractivity contribution in [3.63, 3.8) is 0 Å². The predicted octanol–water partition coefficient (Wildman–Crippen LogP) is 4.02. The summed E-state index contributed by atoms with van der Waals surface area (Å²) < 4.78 is 1.83. The number of aromatic nitrogens is 4. The van der Waals surface area contributed by atoms with Crippen LogP contribution in [-0.2, 0) is 22.6 Å². The molecule has 3 rings (SSSR count). The third-order valence-electron chi connectivity index (χ3n) is 4.08. The Morgan fingerprint density at radius 2 is 2.03 bits per heavy atom. The van der Waals surface area contributed by atoms with Crippen LogP contribution in [-0.4, -0.2) is 36.8 Å². The predicted molar refractivity (Wildman–Crippen MR) is 120 cm³/mol. The number of aryl methyl sites for hydroxylation is 1. The van der Waals surface area contributed by atoms with Crippen molar-refractivity contribution < 1.29 is 9.59 Å². The lowest BCUT2D eigenvalue weighted by Crippen LogP contribution is -2.23. The van der Waals surface area contributed by atoms with Gasteiger partial charge in [-0.2, -0.15) is 0 Å². The van der Waals surface area contributed by atoms with Crippen molar-refractivity contribution >= 4 is 57.3 Å². The molecule has 0 aliphatic heterocycles. The maximum absolute atomic E-state index is 12.4. The zero-order valence-electron chi connectivity index (χ0n) is 16.7. The van der Waals surface area contributed by atoms with Crippen LogP contribution in [0.15, 0.2) is 34.8 Å². The van der Waals surface area contributed by atoms with Crippen molar-refractivity contribution in [3.8, 4) is 0 Å². The Morgan fingerprint density at radius 1 is 1.27 bits per heavy atom. The lowest BCUT2D eigenvalue weighted by Gasteiger charge is -2.12. The van der Waals surface area contributed by atoms with Gasteiger partial charge in [-0.05, 0) is 32.9 Å². The van der Waals surface area contributed by atoms with Crippen molar-refractivity contribution in [1.29, 1.82) is 0 Å². The van der Waals surface area contributed by atoms with Crippen LogP contribution in [0.2, 0.25) is 5.02 Å². The number of thiazole rings is 1. The minimum atomic E-state index is -0.409. The monoisotopic (exact) mass is 464 g/mol. The highest BCUT2D eigenvalue weighted by Crippen LogP contribution is 2.25. The number of hydrogen-bond donors (Lipinski definition) is 2. The Hall–Kier alpha value is -2.43. The van der Waals surface area contributed by atoms with Gasteiger partial charge in [0.15, 0.2) is 10.3 Å². The lowest BCUT2D eigenvalue weighted by molar-refractivity contribution is -0.116. The number of nitrogens with zero attached hydrogens (tertiary/aromatic N) is 4. The first-order chi connectivity index (χ1) is 14.4. The zero-order valence-corrected chi connectivity index (χ0v) is 19.1. The lowest BCUT2D eigenvalue weighted by atomic mass is 10.3. The molecule has 3 aromatic rings. The molecule has 8 nitrogen and oxygen atoms in total. The van der Waals surface area contributed by atoms with Gasteiger partial charge in [0, 0.05) is 11.9 Å². The minimum absolute atomic E-state index is 0.0472. The van der Waals surface area contributed by atoms with Gasteiger partial charge in [-0.15, -0.1) is 21.5 Å². The third-order valence-corrected chi connectivity index (χ3v) is 6.36. The van der Waals surface area contributed by atoms with E-state index in [1.807, 2.05) is 23.8 Å². The van der Waals surface area contributed by atoms with Crippen molar-refractivity contribution in [2.45, 2.75) is 44.1 Å². The normalized spacial score (nSPS) is 11.9. The quantitative estimate of drug-likeness (QED) is 0.488. The van der Waals surface area contributed by atoms with Crippen LogP contribution in [0.3, 0.4) is 0 Å². The van der Waals surface area contributed by atoms with E-state index < -0.39 is 5.25 Å². The summed E-state index contributed by atoms with van der Waals surface area (Å²) in [5, 5.41) is 17.0. The zero-order chi connectivity index (χ0) is 21.7. The Kier molecular flexibility index (Phi) is 7.46. The van der Waals surface area contributed by atoms with Gasteiger partial charge in [0.1, 0.15) is 5.82 Å². The molecule has 11 heteroatoms. The third kappa shape index (κ3) is 5.59. The molecule has 2 amide bonds. The molecule has 2 N–H and O–H groups in total. The van der Waals surface area contributed by atoms with E-state index in [1.54, 1.807) is 31.2 Å². The molecule has 0 aliphatic rings. The minimum Gasteiger partial charge on any atom is -0.324 e. The van der Waals surface area contributed by atoms with E-state index in [-0.39, 0.29) is 18.2 Å². The SMILES string of the molecule is CCn1c(CC(=O)Nc2ccccc2Cl)nnc1SC(C)C(=O)Nc1nc(C)cs1. The Morgan fingerprint density at radius 3 is 2.70 bits per heavy atom. The fraction of sp³-hybridized carbons (Fsp3) is 0.316. The number of nitrogens with one attached hydrogen (secondary N) is 2. The number of benzene rings is 1. The van der Waals surface area contributed by atoms with Crippen LogP contribution >= 0.6 is 34.7 Å². The number of rotatable bonds is 8. The van der Waals surface area contributed by atoms with Gasteiger partial charge in [-0.25, -0.2) is 4.98 Å².